The van der Waals surface area contributed by atoms with Crippen LogP contribution in [0.3, 0.4) is 0 Å². The number of carbonyl (C=O) groups excluding carboxylic acids is 1. The average Bonchev–Trinajstić information content (AvgIpc) is 2.62. The topological polar surface area (TPSA) is 88.4 Å². The van der Waals surface area contributed by atoms with Crippen molar-refractivity contribution in [3.05, 3.63) is 69.5 Å². The maximum absolute atomic E-state index is 13.0. The van der Waals surface area contributed by atoms with Crippen molar-refractivity contribution in [2.45, 2.75) is 13.0 Å². The van der Waals surface area contributed by atoms with Gasteiger partial charge >= 0.3 is 0 Å². The average molecular weight is 363 g/mol. The fourth-order valence-corrected chi connectivity index (χ4v) is 2.93. The van der Waals surface area contributed by atoms with Crippen LogP contribution in [0.2, 0.25) is 0 Å². The molecule has 1 saturated heterocycles. The van der Waals surface area contributed by atoms with Crippen molar-refractivity contribution in [2.75, 3.05) is 19.6 Å². The van der Waals surface area contributed by atoms with E-state index in [-0.39, 0.29) is 30.0 Å². The Balaban J connectivity index is 0.00000225. The molecule has 3 rings (SSSR count). The molecule has 7 nitrogen and oxygen atoms in total. The lowest BCUT2D eigenvalue weighted by Crippen LogP contribution is -2.48. The van der Waals surface area contributed by atoms with E-state index in [1.165, 1.54) is 12.1 Å². The van der Waals surface area contributed by atoms with Crippen LogP contribution in [0.1, 0.15) is 27.5 Å². The highest BCUT2D eigenvalue weighted by atomic mass is 35.5. The lowest BCUT2D eigenvalue weighted by Gasteiger charge is -2.36. The Morgan fingerprint density at radius 2 is 2.20 bits per heavy atom. The van der Waals surface area contributed by atoms with Crippen molar-refractivity contribution < 1.29 is 9.72 Å². The minimum atomic E-state index is -0.480. The summed E-state index contributed by atoms with van der Waals surface area (Å²) in [5.41, 5.74) is 1.98. The predicted octanol–water partition coefficient (Wildman–Crippen LogP) is 2.51. The minimum absolute atomic E-state index is 0. The van der Waals surface area contributed by atoms with Crippen molar-refractivity contribution in [1.29, 1.82) is 0 Å². The van der Waals surface area contributed by atoms with Crippen molar-refractivity contribution >= 4 is 24.0 Å². The molecule has 1 N–H and O–H groups in total. The van der Waals surface area contributed by atoms with Crippen LogP contribution < -0.4 is 5.32 Å². The third-order valence-corrected chi connectivity index (χ3v) is 4.24. The number of pyridine rings is 1. The second-order valence-electron chi connectivity index (χ2n) is 5.76. The first-order valence-corrected chi connectivity index (χ1v) is 7.74. The van der Waals surface area contributed by atoms with Crippen LogP contribution in [-0.2, 0) is 0 Å². The van der Waals surface area contributed by atoms with Crippen LogP contribution in [0.4, 0.5) is 5.69 Å². The van der Waals surface area contributed by atoms with Gasteiger partial charge in [0.15, 0.2) is 0 Å². The molecule has 8 heteroatoms. The molecule has 1 fully saturated rings. The van der Waals surface area contributed by atoms with E-state index in [2.05, 4.69) is 10.3 Å². The molecule has 1 aromatic heterocycles. The fourth-order valence-electron chi connectivity index (χ4n) is 2.93. The summed E-state index contributed by atoms with van der Waals surface area (Å²) in [5, 5.41) is 14.3. The summed E-state index contributed by atoms with van der Waals surface area (Å²) in [4.78, 5) is 29.5. The zero-order chi connectivity index (χ0) is 17.1. The first-order chi connectivity index (χ1) is 11.6. The Hall–Kier alpha value is -2.51. The van der Waals surface area contributed by atoms with E-state index in [4.69, 9.17) is 0 Å². The Kier molecular flexibility index (Phi) is 6.06. The number of carbonyl (C=O) groups is 1. The highest BCUT2D eigenvalue weighted by Gasteiger charge is 2.30. The van der Waals surface area contributed by atoms with Gasteiger partial charge in [-0.3, -0.25) is 19.9 Å². The van der Waals surface area contributed by atoms with Crippen LogP contribution in [0.25, 0.3) is 0 Å². The summed E-state index contributed by atoms with van der Waals surface area (Å²) in [7, 11) is 0. The minimum Gasteiger partial charge on any atom is -0.329 e. The SMILES string of the molecule is Cc1ccc([N+](=O)[O-])cc1C(=O)N1CCNCC1c1cccnc1.Cl. The van der Waals surface area contributed by atoms with Crippen molar-refractivity contribution in [3.8, 4) is 0 Å². The number of nitrogens with one attached hydrogen (secondary N) is 1. The van der Waals surface area contributed by atoms with Gasteiger partial charge in [-0.1, -0.05) is 12.1 Å². The Morgan fingerprint density at radius 3 is 2.88 bits per heavy atom. The van der Waals surface area contributed by atoms with Gasteiger partial charge in [0.1, 0.15) is 0 Å². The monoisotopic (exact) mass is 362 g/mol. The number of halogens is 1. The molecule has 1 aliphatic heterocycles. The normalized spacial score (nSPS) is 16.8. The van der Waals surface area contributed by atoms with E-state index in [1.807, 2.05) is 12.1 Å². The zero-order valence-electron chi connectivity index (χ0n) is 13.7. The molecule has 1 amide bonds. The van der Waals surface area contributed by atoms with Gasteiger partial charge in [0.25, 0.3) is 11.6 Å². The molecular weight excluding hydrogens is 344 g/mol. The molecule has 132 valence electrons. The number of rotatable bonds is 3. The lowest BCUT2D eigenvalue weighted by atomic mass is 10.0. The van der Waals surface area contributed by atoms with E-state index < -0.39 is 4.92 Å². The van der Waals surface area contributed by atoms with Crippen molar-refractivity contribution in [2.24, 2.45) is 0 Å². The van der Waals surface area contributed by atoms with Gasteiger partial charge in [0.2, 0.25) is 0 Å². The molecule has 0 bridgehead atoms. The van der Waals surface area contributed by atoms with Crippen LogP contribution in [-0.4, -0.2) is 40.3 Å². The summed E-state index contributed by atoms with van der Waals surface area (Å²) in [6, 6.07) is 8.03. The second kappa shape index (κ2) is 8.04. The molecule has 25 heavy (non-hydrogen) atoms. The van der Waals surface area contributed by atoms with Gasteiger partial charge in [-0.15, -0.1) is 12.4 Å². The van der Waals surface area contributed by atoms with Gasteiger partial charge in [-0.05, 0) is 24.1 Å². The fraction of sp³-hybridized carbons (Fsp3) is 0.294. The molecule has 0 saturated carbocycles. The molecule has 1 aromatic carbocycles. The number of nitrogens with zero attached hydrogens (tertiary/aromatic N) is 3. The Labute approximate surface area is 151 Å². The summed E-state index contributed by atoms with van der Waals surface area (Å²) in [6.45, 7) is 3.65. The van der Waals surface area contributed by atoms with Crippen LogP contribution in [0.15, 0.2) is 42.7 Å². The van der Waals surface area contributed by atoms with Crippen molar-refractivity contribution in [3.63, 3.8) is 0 Å². The summed E-state index contributed by atoms with van der Waals surface area (Å²) >= 11 is 0. The van der Waals surface area contributed by atoms with E-state index in [0.29, 0.717) is 25.2 Å². The highest BCUT2D eigenvalue weighted by Crippen LogP contribution is 2.26. The molecule has 1 atom stereocenters. The Bertz CT molecular complexity index is 770. The Morgan fingerprint density at radius 1 is 1.40 bits per heavy atom. The van der Waals surface area contributed by atoms with Crippen LogP contribution in [0, 0.1) is 17.0 Å². The largest absolute Gasteiger partial charge is 0.329 e. The zero-order valence-corrected chi connectivity index (χ0v) is 14.5. The number of non-ortho nitro benzene ring substituents is 1. The molecule has 0 spiro atoms. The maximum atomic E-state index is 13.0. The quantitative estimate of drug-likeness (QED) is 0.669. The summed E-state index contributed by atoms with van der Waals surface area (Å²) in [5.74, 6) is -0.188. The number of nitro benzene ring substituents is 1. The van der Waals surface area contributed by atoms with E-state index >= 15 is 0 Å². The number of nitro groups is 1. The first kappa shape index (κ1) is 18.8. The van der Waals surface area contributed by atoms with Gasteiger partial charge < -0.3 is 10.2 Å². The molecule has 1 aliphatic rings. The van der Waals surface area contributed by atoms with Gasteiger partial charge in [-0.2, -0.15) is 0 Å². The second-order valence-corrected chi connectivity index (χ2v) is 5.76. The van der Waals surface area contributed by atoms with Gasteiger partial charge in [-0.25, -0.2) is 0 Å². The number of hydrogen-bond acceptors (Lipinski definition) is 5. The van der Waals surface area contributed by atoms with Gasteiger partial charge in [0.05, 0.1) is 11.0 Å². The molecular formula is C17H19ClN4O3. The van der Waals surface area contributed by atoms with Crippen molar-refractivity contribution in [1.82, 2.24) is 15.2 Å². The number of hydrogen-bond donors (Lipinski definition) is 1. The van der Waals surface area contributed by atoms with Gasteiger partial charge in [0, 0.05) is 49.7 Å². The van der Waals surface area contributed by atoms with E-state index in [9.17, 15) is 14.9 Å². The molecule has 2 heterocycles. The summed E-state index contributed by atoms with van der Waals surface area (Å²) in [6.07, 6.45) is 3.44. The standard InChI is InChI=1S/C17H18N4O3.ClH/c1-12-4-5-14(21(23)24)9-15(12)17(22)20-8-7-19-11-16(20)13-3-2-6-18-10-13;/h2-6,9-10,16,19H,7-8,11H2,1H3;1H. The lowest BCUT2D eigenvalue weighted by molar-refractivity contribution is -0.384. The molecule has 2 aromatic rings. The third kappa shape index (κ3) is 3.94. The highest BCUT2D eigenvalue weighted by molar-refractivity contribution is 5.96. The molecule has 1 unspecified atom stereocenters. The number of benzene rings is 1. The van der Waals surface area contributed by atoms with Crippen LogP contribution in [0.5, 0.6) is 0 Å². The number of aromatic nitrogens is 1. The predicted molar refractivity (Wildman–Crippen MR) is 96.0 cm³/mol. The van der Waals surface area contributed by atoms with Crippen LogP contribution >= 0.6 is 12.4 Å². The van der Waals surface area contributed by atoms with E-state index in [0.717, 1.165) is 11.1 Å². The molecule has 0 radical (unpaired) electrons. The summed E-state index contributed by atoms with van der Waals surface area (Å²) < 4.78 is 0. The maximum Gasteiger partial charge on any atom is 0.270 e. The third-order valence-electron chi connectivity index (χ3n) is 4.24. The smallest absolute Gasteiger partial charge is 0.270 e. The number of aryl methyl sites for hydroxylation is 1. The molecule has 0 aliphatic carbocycles. The number of piperazine rings is 1. The first-order valence-electron chi connectivity index (χ1n) is 7.74. The van der Waals surface area contributed by atoms with E-state index in [1.54, 1.807) is 30.3 Å². The number of amides is 1.